The minimum atomic E-state index is 0.131. The number of anilines is 1. The molecular weight excluding hydrogens is 282 g/mol. The van der Waals surface area contributed by atoms with Crippen molar-refractivity contribution in [3.63, 3.8) is 0 Å². The topological polar surface area (TPSA) is 20.3 Å². The first-order valence-corrected chi connectivity index (χ1v) is 7.67. The highest BCUT2D eigenvalue weighted by Crippen LogP contribution is 2.20. The average molecular weight is 302 g/mol. The zero-order valence-electron chi connectivity index (χ0n) is 12.3. The van der Waals surface area contributed by atoms with E-state index in [0.29, 0.717) is 11.6 Å². The Morgan fingerprint density at radius 3 is 2.52 bits per heavy atom. The van der Waals surface area contributed by atoms with Crippen LogP contribution in [0.5, 0.6) is 0 Å². The minimum absolute atomic E-state index is 0.131. The molecule has 0 aliphatic heterocycles. The molecule has 2 aromatic rings. The molecule has 0 heterocycles. The second kappa shape index (κ2) is 7.84. The van der Waals surface area contributed by atoms with Gasteiger partial charge in [-0.15, -0.1) is 0 Å². The summed E-state index contributed by atoms with van der Waals surface area (Å²) in [6.45, 7) is 3.38. The van der Waals surface area contributed by atoms with E-state index in [4.69, 9.17) is 11.6 Å². The van der Waals surface area contributed by atoms with Gasteiger partial charge in [-0.2, -0.15) is 0 Å². The molecule has 0 radical (unpaired) electrons. The molecule has 2 nitrogen and oxygen atoms in total. The summed E-state index contributed by atoms with van der Waals surface area (Å²) in [5.74, 6) is 0.131. The number of carbonyl (C=O) groups is 1. The summed E-state index contributed by atoms with van der Waals surface area (Å²) in [6, 6.07) is 17.1. The van der Waals surface area contributed by atoms with Gasteiger partial charge in [-0.3, -0.25) is 4.79 Å². The molecule has 3 heteroatoms. The van der Waals surface area contributed by atoms with E-state index in [0.717, 1.165) is 30.6 Å². The fourth-order valence-electron chi connectivity index (χ4n) is 2.21. The quantitative estimate of drug-likeness (QED) is 0.683. The number of Topliss-reactive ketones (excluding diaryl/α,β-unsaturated/α-hetero) is 1. The van der Waals surface area contributed by atoms with Crippen molar-refractivity contribution in [2.45, 2.75) is 19.8 Å². The smallest absolute Gasteiger partial charge is 0.182 e. The Kier molecular flexibility index (Phi) is 5.82. The number of unbranched alkanes of at least 4 members (excludes halogenated alkanes) is 1. The highest BCUT2D eigenvalue weighted by atomic mass is 35.5. The van der Waals surface area contributed by atoms with Gasteiger partial charge in [-0.05, 0) is 24.6 Å². The van der Waals surface area contributed by atoms with Crippen LogP contribution < -0.4 is 4.90 Å². The molecule has 0 aliphatic carbocycles. The number of hydrogen-bond acceptors (Lipinski definition) is 2. The molecule has 21 heavy (non-hydrogen) atoms. The van der Waals surface area contributed by atoms with Crippen LogP contribution in [0.15, 0.2) is 54.6 Å². The van der Waals surface area contributed by atoms with Gasteiger partial charge in [0, 0.05) is 22.8 Å². The molecule has 0 spiro atoms. The lowest BCUT2D eigenvalue weighted by molar-refractivity contribution is 0.0999. The molecule has 0 unspecified atom stereocenters. The van der Waals surface area contributed by atoms with Gasteiger partial charge < -0.3 is 4.90 Å². The molecule has 0 aliphatic rings. The van der Waals surface area contributed by atoms with Crippen LogP contribution in [-0.2, 0) is 0 Å². The summed E-state index contributed by atoms with van der Waals surface area (Å²) >= 11 is 6.06. The van der Waals surface area contributed by atoms with Crippen molar-refractivity contribution in [2.24, 2.45) is 0 Å². The second-order valence-electron chi connectivity index (χ2n) is 5.04. The van der Waals surface area contributed by atoms with Crippen molar-refractivity contribution in [1.29, 1.82) is 0 Å². The summed E-state index contributed by atoms with van der Waals surface area (Å²) in [5, 5.41) is 0.696. The highest BCUT2D eigenvalue weighted by Gasteiger charge is 2.13. The van der Waals surface area contributed by atoms with Crippen molar-refractivity contribution in [3.05, 3.63) is 65.2 Å². The third-order valence-electron chi connectivity index (χ3n) is 3.39. The number of rotatable bonds is 7. The maximum atomic E-state index is 12.4. The maximum Gasteiger partial charge on any atom is 0.182 e. The standard InChI is InChI=1S/C18H20ClNO/c1-2-3-12-20(17-11-7-10-16(19)13-17)14-18(21)15-8-5-4-6-9-15/h4-11,13H,2-3,12,14H2,1H3. The summed E-state index contributed by atoms with van der Waals surface area (Å²) in [4.78, 5) is 14.5. The van der Waals surface area contributed by atoms with E-state index in [-0.39, 0.29) is 5.78 Å². The first kappa shape index (κ1) is 15.6. The third kappa shape index (κ3) is 4.61. The number of ketones is 1. The van der Waals surface area contributed by atoms with Crippen LogP contribution in [0, 0.1) is 0 Å². The van der Waals surface area contributed by atoms with Crippen molar-refractivity contribution in [3.8, 4) is 0 Å². The van der Waals surface area contributed by atoms with Crippen LogP contribution in [0.1, 0.15) is 30.1 Å². The zero-order valence-corrected chi connectivity index (χ0v) is 13.0. The lowest BCUT2D eigenvalue weighted by atomic mass is 10.1. The molecular formula is C18H20ClNO. The Bertz CT molecular complexity index is 583. The molecule has 0 amide bonds. The molecule has 2 rings (SSSR count). The first-order valence-electron chi connectivity index (χ1n) is 7.29. The van der Waals surface area contributed by atoms with Crippen molar-refractivity contribution in [1.82, 2.24) is 0 Å². The van der Waals surface area contributed by atoms with Crippen LogP contribution >= 0.6 is 11.6 Å². The number of nitrogens with zero attached hydrogens (tertiary/aromatic N) is 1. The molecule has 0 aromatic heterocycles. The normalized spacial score (nSPS) is 10.4. The van der Waals surface area contributed by atoms with E-state index in [2.05, 4.69) is 11.8 Å². The number of halogens is 1. The Labute approximate surface area is 131 Å². The Balaban J connectivity index is 2.15. The van der Waals surface area contributed by atoms with Crippen LogP contribution in [-0.4, -0.2) is 18.9 Å². The predicted octanol–water partition coefficient (Wildman–Crippen LogP) is 4.83. The van der Waals surface area contributed by atoms with Gasteiger partial charge in [0.1, 0.15) is 0 Å². The lowest BCUT2D eigenvalue weighted by Gasteiger charge is -2.24. The van der Waals surface area contributed by atoms with Crippen LogP contribution in [0.25, 0.3) is 0 Å². The van der Waals surface area contributed by atoms with E-state index in [9.17, 15) is 4.79 Å². The van der Waals surface area contributed by atoms with E-state index in [1.165, 1.54) is 0 Å². The lowest BCUT2D eigenvalue weighted by Crippen LogP contribution is -2.30. The zero-order chi connectivity index (χ0) is 15.1. The molecule has 0 atom stereocenters. The minimum Gasteiger partial charge on any atom is -0.364 e. The molecule has 110 valence electrons. The van der Waals surface area contributed by atoms with Gasteiger partial charge >= 0.3 is 0 Å². The Hall–Kier alpha value is -1.80. The summed E-state index contributed by atoms with van der Waals surface area (Å²) in [6.07, 6.45) is 2.14. The van der Waals surface area contributed by atoms with Crippen molar-refractivity contribution >= 4 is 23.1 Å². The first-order chi connectivity index (χ1) is 10.2. The number of carbonyl (C=O) groups excluding carboxylic acids is 1. The average Bonchev–Trinajstić information content (AvgIpc) is 2.52. The fourth-order valence-corrected chi connectivity index (χ4v) is 2.39. The van der Waals surface area contributed by atoms with Gasteiger partial charge in [0.05, 0.1) is 6.54 Å². The number of benzene rings is 2. The molecule has 0 fully saturated rings. The Morgan fingerprint density at radius 1 is 1.10 bits per heavy atom. The third-order valence-corrected chi connectivity index (χ3v) is 3.62. The molecule has 0 saturated carbocycles. The van der Waals surface area contributed by atoms with Gasteiger partial charge in [-0.1, -0.05) is 61.3 Å². The van der Waals surface area contributed by atoms with Crippen LogP contribution in [0.3, 0.4) is 0 Å². The SMILES string of the molecule is CCCCN(CC(=O)c1ccccc1)c1cccc(Cl)c1. The highest BCUT2D eigenvalue weighted by molar-refractivity contribution is 6.30. The van der Waals surface area contributed by atoms with Crippen molar-refractivity contribution in [2.75, 3.05) is 18.0 Å². The van der Waals surface area contributed by atoms with Gasteiger partial charge in [0.15, 0.2) is 5.78 Å². The summed E-state index contributed by atoms with van der Waals surface area (Å²) in [7, 11) is 0. The van der Waals surface area contributed by atoms with Crippen LogP contribution in [0.4, 0.5) is 5.69 Å². The summed E-state index contributed by atoms with van der Waals surface area (Å²) in [5.41, 5.74) is 1.75. The monoisotopic (exact) mass is 301 g/mol. The largest absolute Gasteiger partial charge is 0.364 e. The predicted molar refractivity (Wildman–Crippen MR) is 89.3 cm³/mol. The Morgan fingerprint density at radius 2 is 1.86 bits per heavy atom. The fraction of sp³-hybridized carbons (Fsp3) is 0.278. The summed E-state index contributed by atoms with van der Waals surface area (Å²) < 4.78 is 0. The molecule has 0 bridgehead atoms. The van der Waals surface area contributed by atoms with E-state index >= 15 is 0 Å². The van der Waals surface area contributed by atoms with Crippen molar-refractivity contribution < 1.29 is 4.79 Å². The van der Waals surface area contributed by atoms with E-state index in [1.807, 2.05) is 54.6 Å². The molecule has 0 N–H and O–H groups in total. The number of hydrogen-bond donors (Lipinski definition) is 0. The van der Waals surface area contributed by atoms with Gasteiger partial charge in [0.25, 0.3) is 0 Å². The van der Waals surface area contributed by atoms with Crippen LogP contribution in [0.2, 0.25) is 5.02 Å². The molecule has 2 aromatic carbocycles. The van der Waals surface area contributed by atoms with E-state index in [1.54, 1.807) is 0 Å². The second-order valence-corrected chi connectivity index (χ2v) is 5.48. The molecule has 0 saturated heterocycles. The van der Waals surface area contributed by atoms with Gasteiger partial charge in [0.2, 0.25) is 0 Å². The van der Waals surface area contributed by atoms with E-state index < -0.39 is 0 Å². The van der Waals surface area contributed by atoms with Gasteiger partial charge in [-0.25, -0.2) is 0 Å². The maximum absolute atomic E-state index is 12.4.